The standard InChI is InChI=1S/C41H27NO2S/c1-41(2)33-12-6-7-13-34(33)42(37-23-28-11-5-8-14-36(28)45-37)35-18-16-27-19-24(15-17-29(27)38(35)41)20-32-39(43)30-21-25-9-3-4-10-26(25)22-31(30)40(32)44/h3-23H,1-2H3. The Labute approximate surface area is 264 Å². The predicted molar refractivity (Wildman–Crippen MR) is 187 cm³/mol. The second-order valence-corrected chi connectivity index (χ2v) is 13.6. The summed E-state index contributed by atoms with van der Waals surface area (Å²) in [6, 6.07) is 41.8. The van der Waals surface area contributed by atoms with E-state index >= 15 is 0 Å². The molecule has 0 fully saturated rings. The third-order valence-electron chi connectivity index (χ3n) is 9.51. The molecule has 1 aliphatic heterocycles. The Morgan fingerprint density at radius 2 is 1.29 bits per heavy atom. The third-order valence-corrected chi connectivity index (χ3v) is 10.6. The van der Waals surface area contributed by atoms with Crippen LogP contribution in [0.3, 0.4) is 0 Å². The molecule has 0 amide bonds. The molecule has 214 valence electrons. The summed E-state index contributed by atoms with van der Waals surface area (Å²) in [6.45, 7) is 4.61. The Bertz CT molecular complexity index is 2370. The molecule has 0 unspecified atom stereocenters. The highest BCUT2D eigenvalue weighted by Gasteiger charge is 2.39. The molecule has 0 saturated carbocycles. The number of anilines is 3. The van der Waals surface area contributed by atoms with Crippen LogP contribution in [0.25, 0.3) is 37.7 Å². The molecular formula is C41H27NO2S. The number of carbonyl (C=O) groups is 2. The number of para-hydroxylation sites is 1. The van der Waals surface area contributed by atoms with E-state index in [0.717, 1.165) is 21.7 Å². The normalized spacial score (nSPS) is 15.1. The van der Waals surface area contributed by atoms with E-state index in [-0.39, 0.29) is 22.6 Å². The minimum absolute atomic E-state index is 0.206. The van der Waals surface area contributed by atoms with E-state index in [0.29, 0.717) is 11.1 Å². The zero-order valence-electron chi connectivity index (χ0n) is 24.8. The average Bonchev–Trinajstić information content (AvgIpc) is 3.58. The van der Waals surface area contributed by atoms with E-state index < -0.39 is 0 Å². The number of allylic oxidation sites excluding steroid dienone is 1. The van der Waals surface area contributed by atoms with Crippen LogP contribution < -0.4 is 4.90 Å². The maximum Gasteiger partial charge on any atom is 0.197 e. The molecule has 0 spiro atoms. The fourth-order valence-electron chi connectivity index (χ4n) is 7.35. The zero-order valence-corrected chi connectivity index (χ0v) is 25.6. The summed E-state index contributed by atoms with van der Waals surface area (Å²) >= 11 is 1.81. The van der Waals surface area contributed by atoms with Crippen LogP contribution in [-0.4, -0.2) is 11.6 Å². The fraction of sp³-hybridized carbons (Fsp3) is 0.0732. The lowest BCUT2D eigenvalue weighted by molar-refractivity contribution is 0.0990. The molecule has 9 rings (SSSR count). The monoisotopic (exact) mass is 597 g/mol. The second-order valence-electron chi connectivity index (χ2n) is 12.5. The molecule has 3 nitrogen and oxygen atoms in total. The van der Waals surface area contributed by atoms with Crippen LogP contribution in [0.4, 0.5) is 16.4 Å². The number of nitrogens with zero attached hydrogens (tertiary/aromatic N) is 1. The predicted octanol–water partition coefficient (Wildman–Crippen LogP) is 10.8. The lowest BCUT2D eigenvalue weighted by Crippen LogP contribution is -2.30. The lowest BCUT2D eigenvalue weighted by Gasteiger charge is -2.42. The van der Waals surface area contributed by atoms with Crippen molar-refractivity contribution in [2.45, 2.75) is 19.3 Å². The molecule has 0 radical (unpaired) electrons. The smallest absolute Gasteiger partial charge is 0.197 e. The summed E-state index contributed by atoms with van der Waals surface area (Å²) in [7, 11) is 0. The molecule has 2 heterocycles. The number of carbonyl (C=O) groups excluding carboxylic acids is 2. The Balaban J connectivity index is 1.19. The maximum absolute atomic E-state index is 13.5. The SMILES string of the molecule is CC1(C)c2ccccc2N(c2cc3ccccc3s2)c2ccc3cc(C=C4C(=O)c5cc6ccccc6cc5C4=O)ccc3c21. The van der Waals surface area contributed by atoms with Gasteiger partial charge in [-0.05, 0) is 92.2 Å². The summed E-state index contributed by atoms with van der Waals surface area (Å²) in [4.78, 5) is 29.3. The number of ketones is 2. The molecule has 0 N–H and O–H groups in total. The molecule has 6 aromatic carbocycles. The molecular weight excluding hydrogens is 571 g/mol. The van der Waals surface area contributed by atoms with Gasteiger partial charge in [0.2, 0.25) is 0 Å². The van der Waals surface area contributed by atoms with Crippen molar-refractivity contribution in [2.24, 2.45) is 0 Å². The zero-order chi connectivity index (χ0) is 30.4. The van der Waals surface area contributed by atoms with Crippen molar-refractivity contribution in [3.8, 4) is 0 Å². The van der Waals surface area contributed by atoms with Crippen LogP contribution in [0, 0.1) is 0 Å². The summed E-state index contributed by atoms with van der Waals surface area (Å²) in [5.41, 5.74) is 6.71. The first kappa shape index (κ1) is 26.1. The van der Waals surface area contributed by atoms with Crippen molar-refractivity contribution in [3.05, 3.63) is 155 Å². The number of fused-ring (bicyclic) bond motifs is 7. The highest BCUT2D eigenvalue weighted by molar-refractivity contribution is 7.23. The van der Waals surface area contributed by atoms with Gasteiger partial charge in [0.1, 0.15) is 5.00 Å². The molecule has 1 aromatic heterocycles. The highest BCUT2D eigenvalue weighted by atomic mass is 32.1. The van der Waals surface area contributed by atoms with E-state index in [2.05, 4.69) is 97.6 Å². The van der Waals surface area contributed by atoms with Crippen LogP contribution in [-0.2, 0) is 5.41 Å². The van der Waals surface area contributed by atoms with Gasteiger partial charge in [0.05, 0.1) is 16.9 Å². The number of hydrogen-bond donors (Lipinski definition) is 0. The summed E-state index contributed by atoms with van der Waals surface area (Å²) < 4.78 is 1.26. The Kier molecular flexibility index (Phi) is 5.42. The third kappa shape index (κ3) is 3.76. The van der Waals surface area contributed by atoms with Gasteiger partial charge >= 0.3 is 0 Å². The first-order chi connectivity index (χ1) is 21.9. The fourth-order valence-corrected chi connectivity index (χ4v) is 8.44. The minimum atomic E-state index is -0.250. The van der Waals surface area contributed by atoms with E-state index in [9.17, 15) is 9.59 Å². The summed E-state index contributed by atoms with van der Waals surface area (Å²) in [5, 5.41) is 6.59. The minimum Gasteiger partial charge on any atom is -0.301 e. The van der Waals surface area contributed by atoms with Gasteiger partial charge < -0.3 is 4.90 Å². The molecule has 0 bridgehead atoms. The Morgan fingerprint density at radius 3 is 2.02 bits per heavy atom. The van der Waals surface area contributed by atoms with Crippen LogP contribution in [0.15, 0.2) is 127 Å². The van der Waals surface area contributed by atoms with Crippen molar-refractivity contribution in [3.63, 3.8) is 0 Å². The molecule has 0 atom stereocenters. The average molecular weight is 598 g/mol. The van der Waals surface area contributed by atoms with Crippen molar-refractivity contribution < 1.29 is 9.59 Å². The quantitative estimate of drug-likeness (QED) is 0.147. The number of thiophene rings is 1. The first-order valence-corrected chi connectivity index (χ1v) is 16.0. The molecule has 4 heteroatoms. The Hall–Kier alpha value is -5.32. The summed E-state index contributed by atoms with van der Waals surface area (Å²) in [5.74, 6) is -0.411. The van der Waals surface area contributed by atoms with Crippen molar-refractivity contribution in [2.75, 3.05) is 4.90 Å². The Morgan fingerprint density at radius 1 is 0.622 bits per heavy atom. The molecule has 45 heavy (non-hydrogen) atoms. The van der Waals surface area contributed by atoms with Gasteiger partial charge in [-0.3, -0.25) is 9.59 Å². The van der Waals surface area contributed by atoms with Crippen LogP contribution in [0.1, 0.15) is 51.3 Å². The van der Waals surface area contributed by atoms with Gasteiger partial charge in [-0.25, -0.2) is 0 Å². The molecule has 0 saturated heterocycles. The van der Waals surface area contributed by atoms with E-state index in [1.54, 1.807) is 17.4 Å². The molecule has 1 aliphatic carbocycles. The van der Waals surface area contributed by atoms with Crippen LogP contribution in [0.2, 0.25) is 0 Å². The van der Waals surface area contributed by atoms with Crippen molar-refractivity contribution in [1.29, 1.82) is 0 Å². The van der Waals surface area contributed by atoms with Gasteiger partial charge in [0.25, 0.3) is 0 Å². The second kappa shape index (κ2) is 9.34. The van der Waals surface area contributed by atoms with E-state index in [1.807, 2.05) is 42.5 Å². The largest absolute Gasteiger partial charge is 0.301 e. The van der Waals surface area contributed by atoms with Gasteiger partial charge in [-0.15, -0.1) is 11.3 Å². The number of benzene rings is 6. The van der Waals surface area contributed by atoms with Gasteiger partial charge in [-0.2, -0.15) is 0 Å². The number of Topliss-reactive ketones (excluding diaryl/α,β-unsaturated/α-hetero) is 2. The molecule has 2 aliphatic rings. The van der Waals surface area contributed by atoms with Crippen LogP contribution in [0.5, 0.6) is 0 Å². The number of rotatable bonds is 2. The first-order valence-electron chi connectivity index (χ1n) is 15.2. The van der Waals surface area contributed by atoms with Gasteiger partial charge in [0.15, 0.2) is 11.6 Å². The highest BCUT2D eigenvalue weighted by Crippen LogP contribution is 2.55. The van der Waals surface area contributed by atoms with Crippen molar-refractivity contribution >= 4 is 77.0 Å². The summed E-state index contributed by atoms with van der Waals surface area (Å²) in [6.07, 6.45) is 1.76. The van der Waals surface area contributed by atoms with E-state index in [1.165, 1.54) is 43.0 Å². The lowest BCUT2D eigenvalue weighted by atomic mass is 9.72. The maximum atomic E-state index is 13.5. The van der Waals surface area contributed by atoms with Crippen LogP contribution >= 0.6 is 11.3 Å². The topological polar surface area (TPSA) is 37.4 Å². The van der Waals surface area contributed by atoms with Crippen molar-refractivity contribution in [1.82, 2.24) is 0 Å². The molecule has 7 aromatic rings. The van der Waals surface area contributed by atoms with E-state index in [4.69, 9.17) is 0 Å². The van der Waals surface area contributed by atoms with Gasteiger partial charge in [-0.1, -0.05) is 92.7 Å². The number of hydrogen-bond acceptors (Lipinski definition) is 4. The van der Waals surface area contributed by atoms with Gasteiger partial charge in [0, 0.05) is 21.2 Å².